The van der Waals surface area contributed by atoms with Crippen molar-refractivity contribution in [1.82, 2.24) is 9.55 Å². The average Bonchev–Trinajstić information content (AvgIpc) is 3.10. The molecule has 0 unspecified atom stereocenters. The van der Waals surface area contributed by atoms with Gasteiger partial charge in [0.05, 0.1) is 5.56 Å². The monoisotopic (exact) mass is 371 g/mol. The maximum atomic E-state index is 13.6. The molecule has 0 fully saturated rings. The Labute approximate surface area is 157 Å². The first-order valence-corrected chi connectivity index (χ1v) is 8.39. The summed E-state index contributed by atoms with van der Waals surface area (Å²) < 4.78 is 21.0. The molecule has 2 rings (SSSR count). The van der Waals surface area contributed by atoms with Gasteiger partial charge in [-0.1, -0.05) is 32.6 Å². The fourth-order valence-corrected chi connectivity index (χ4v) is 2.49. The number of nitrogens with zero attached hydrogens (tertiary/aromatic N) is 3. The number of benzene rings is 1. The molecule has 0 saturated heterocycles. The van der Waals surface area contributed by atoms with E-state index in [0.29, 0.717) is 23.5 Å². The summed E-state index contributed by atoms with van der Waals surface area (Å²) in [7, 11) is 0. The standard InChI is InChI=1S/C20H22FN3O3/c1-5-15(12-27-18-8-6-7-17(26)16(18)11-25)20(23-14(4)21)24-10-9-22-19(24)13(2)3/h5-11,13,26H,1,12H2,2-4H3/b20-15-,23-14+. The summed E-state index contributed by atoms with van der Waals surface area (Å²) in [6.45, 7) is 8.91. The molecule has 1 aromatic carbocycles. The van der Waals surface area contributed by atoms with Gasteiger partial charge in [0, 0.05) is 30.8 Å². The molecule has 6 nitrogen and oxygen atoms in total. The van der Waals surface area contributed by atoms with Crippen LogP contribution < -0.4 is 4.74 Å². The van der Waals surface area contributed by atoms with Gasteiger partial charge in [-0.3, -0.25) is 9.36 Å². The lowest BCUT2D eigenvalue weighted by Crippen LogP contribution is -2.10. The zero-order valence-electron chi connectivity index (χ0n) is 15.5. The molecule has 2 aromatic rings. The first-order valence-electron chi connectivity index (χ1n) is 8.39. The molecule has 0 saturated carbocycles. The van der Waals surface area contributed by atoms with Gasteiger partial charge in [0.1, 0.15) is 29.8 Å². The molecular formula is C20H22FN3O3. The van der Waals surface area contributed by atoms with E-state index in [1.165, 1.54) is 19.1 Å². The van der Waals surface area contributed by atoms with E-state index in [1.807, 2.05) is 13.8 Å². The predicted molar refractivity (Wildman–Crippen MR) is 103 cm³/mol. The Kier molecular flexibility index (Phi) is 6.65. The highest BCUT2D eigenvalue weighted by Crippen LogP contribution is 2.27. The minimum absolute atomic E-state index is 0.0321. The summed E-state index contributed by atoms with van der Waals surface area (Å²) in [4.78, 5) is 19.5. The van der Waals surface area contributed by atoms with Crippen molar-refractivity contribution in [3.05, 3.63) is 60.2 Å². The number of aromatic nitrogens is 2. The van der Waals surface area contributed by atoms with Crippen LogP contribution in [0.5, 0.6) is 11.5 Å². The van der Waals surface area contributed by atoms with E-state index < -0.39 is 5.97 Å². The summed E-state index contributed by atoms with van der Waals surface area (Å²) in [5, 5.41) is 9.76. The molecule has 142 valence electrons. The minimum Gasteiger partial charge on any atom is -0.507 e. The van der Waals surface area contributed by atoms with Gasteiger partial charge in [-0.2, -0.15) is 4.39 Å². The Morgan fingerprint density at radius 3 is 2.81 bits per heavy atom. The van der Waals surface area contributed by atoms with Crippen molar-refractivity contribution in [3.8, 4) is 11.5 Å². The van der Waals surface area contributed by atoms with Gasteiger partial charge < -0.3 is 9.84 Å². The van der Waals surface area contributed by atoms with Crippen LogP contribution in [0.25, 0.3) is 5.82 Å². The second kappa shape index (κ2) is 8.93. The van der Waals surface area contributed by atoms with E-state index in [2.05, 4.69) is 16.6 Å². The molecular weight excluding hydrogens is 349 g/mol. The minimum atomic E-state index is -0.626. The van der Waals surface area contributed by atoms with Crippen LogP contribution in [0.15, 0.2) is 53.8 Å². The van der Waals surface area contributed by atoms with Crippen LogP contribution in [-0.4, -0.2) is 33.5 Å². The number of hydrogen-bond donors (Lipinski definition) is 1. The van der Waals surface area contributed by atoms with Crippen molar-refractivity contribution >= 4 is 18.1 Å². The number of aliphatic imine (C=N–C) groups is 1. The summed E-state index contributed by atoms with van der Waals surface area (Å²) in [5.74, 6) is 0.489. The van der Waals surface area contributed by atoms with Crippen LogP contribution in [0.4, 0.5) is 4.39 Å². The van der Waals surface area contributed by atoms with Gasteiger partial charge >= 0.3 is 0 Å². The molecule has 0 aliphatic rings. The summed E-state index contributed by atoms with van der Waals surface area (Å²) in [6, 6.07) is 4.51. The number of rotatable bonds is 8. The topological polar surface area (TPSA) is 76.7 Å². The second-order valence-corrected chi connectivity index (χ2v) is 6.07. The van der Waals surface area contributed by atoms with Crippen molar-refractivity contribution in [3.63, 3.8) is 0 Å². The van der Waals surface area contributed by atoms with Crippen LogP contribution in [0, 0.1) is 0 Å². The van der Waals surface area contributed by atoms with Crippen LogP contribution in [0.3, 0.4) is 0 Å². The van der Waals surface area contributed by atoms with Gasteiger partial charge in [0.15, 0.2) is 12.3 Å². The molecule has 1 heterocycles. The number of imidazole rings is 1. The van der Waals surface area contributed by atoms with E-state index in [0.717, 1.165) is 0 Å². The summed E-state index contributed by atoms with van der Waals surface area (Å²) in [5.41, 5.74) is 0.533. The first-order chi connectivity index (χ1) is 12.9. The smallest absolute Gasteiger partial charge is 0.187 e. The maximum Gasteiger partial charge on any atom is 0.187 e. The van der Waals surface area contributed by atoms with Gasteiger partial charge in [0.2, 0.25) is 0 Å². The number of phenolic OH excluding ortho intramolecular Hbond substituents is 1. The zero-order chi connectivity index (χ0) is 20.0. The number of carbonyl (C=O) groups is 1. The Morgan fingerprint density at radius 1 is 1.48 bits per heavy atom. The molecule has 0 bridgehead atoms. The van der Waals surface area contributed by atoms with Crippen LogP contribution in [-0.2, 0) is 0 Å². The number of carbonyl (C=O) groups excluding carboxylic acids is 1. The number of aldehydes is 1. The van der Waals surface area contributed by atoms with Gasteiger partial charge in [0.25, 0.3) is 0 Å². The van der Waals surface area contributed by atoms with Gasteiger partial charge in [-0.15, -0.1) is 0 Å². The Hall–Kier alpha value is -3.22. The lowest BCUT2D eigenvalue weighted by Gasteiger charge is -2.15. The largest absolute Gasteiger partial charge is 0.507 e. The Balaban J connectivity index is 2.48. The SMILES string of the molecule is C=C/C(COc1cccc(O)c1C=O)=C(\N=C(/C)F)n1ccnc1C(C)C. The molecule has 1 aromatic heterocycles. The lowest BCUT2D eigenvalue weighted by atomic mass is 10.2. The molecule has 0 spiro atoms. The van der Waals surface area contributed by atoms with E-state index in [9.17, 15) is 14.3 Å². The fraction of sp³-hybridized carbons (Fsp3) is 0.250. The van der Waals surface area contributed by atoms with Gasteiger partial charge in [-0.05, 0) is 12.1 Å². The molecule has 7 heteroatoms. The Morgan fingerprint density at radius 2 is 2.22 bits per heavy atom. The van der Waals surface area contributed by atoms with Crippen molar-refractivity contribution in [2.75, 3.05) is 6.61 Å². The number of phenols is 1. The highest BCUT2D eigenvalue weighted by Gasteiger charge is 2.15. The third kappa shape index (κ3) is 4.69. The van der Waals surface area contributed by atoms with Crippen LogP contribution in [0.2, 0.25) is 0 Å². The molecule has 1 N–H and O–H groups in total. The molecule has 27 heavy (non-hydrogen) atoms. The summed E-state index contributed by atoms with van der Waals surface area (Å²) >= 11 is 0. The van der Waals surface area contributed by atoms with Crippen molar-refractivity contribution in [1.29, 1.82) is 0 Å². The Bertz CT molecular complexity index is 894. The molecule has 0 aliphatic carbocycles. The van der Waals surface area contributed by atoms with Gasteiger partial charge in [-0.25, -0.2) is 9.98 Å². The fourth-order valence-electron chi connectivity index (χ4n) is 2.49. The van der Waals surface area contributed by atoms with Crippen LogP contribution >= 0.6 is 0 Å². The van der Waals surface area contributed by atoms with E-state index in [4.69, 9.17) is 4.74 Å². The quantitative estimate of drug-likeness (QED) is 0.425. The second-order valence-electron chi connectivity index (χ2n) is 6.07. The van der Waals surface area contributed by atoms with E-state index in [1.54, 1.807) is 29.1 Å². The summed E-state index contributed by atoms with van der Waals surface area (Å²) in [6.07, 6.45) is 5.32. The maximum absolute atomic E-state index is 13.6. The van der Waals surface area contributed by atoms with E-state index >= 15 is 0 Å². The molecule has 0 radical (unpaired) electrons. The molecule has 0 aliphatic heterocycles. The number of ether oxygens (including phenoxy) is 1. The normalized spacial score (nSPS) is 12.7. The lowest BCUT2D eigenvalue weighted by molar-refractivity contribution is 0.111. The van der Waals surface area contributed by atoms with Crippen LogP contribution in [0.1, 0.15) is 42.9 Å². The number of hydrogen-bond acceptors (Lipinski definition) is 5. The molecule has 0 amide bonds. The average molecular weight is 371 g/mol. The highest BCUT2D eigenvalue weighted by atomic mass is 19.1. The van der Waals surface area contributed by atoms with Crippen molar-refractivity contribution in [2.24, 2.45) is 4.99 Å². The highest BCUT2D eigenvalue weighted by molar-refractivity contribution is 5.83. The van der Waals surface area contributed by atoms with Crippen molar-refractivity contribution in [2.45, 2.75) is 26.7 Å². The predicted octanol–water partition coefficient (Wildman–Crippen LogP) is 4.35. The van der Waals surface area contributed by atoms with E-state index in [-0.39, 0.29) is 29.6 Å². The van der Waals surface area contributed by atoms with Crippen molar-refractivity contribution < 1.29 is 19.0 Å². The first kappa shape index (κ1) is 20.1. The number of aromatic hydroxyl groups is 1. The third-order valence-electron chi connectivity index (χ3n) is 3.75. The third-order valence-corrected chi connectivity index (χ3v) is 3.75. The zero-order valence-corrected chi connectivity index (χ0v) is 15.5. The molecule has 0 atom stereocenters. The number of halogens is 1.